The number of carbonyl (C=O) groups excluding carboxylic acids is 1. The van der Waals surface area contributed by atoms with Crippen molar-refractivity contribution in [2.24, 2.45) is 5.10 Å². The van der Waals surface area contributed by atoms with Crippen molar-refractivity contribution in [3.8, 4) is 11.5 Å². The van der Waals surface area contributed by atoms with Gasteiger partial charge in [0.05, 0.1) is 11.5 Å². The number of Topliss-reactive ketones (excluding diaryl/α,β-unsaturated/α-hetero) is 1. The van der Waals surface area contributed by atoms with Crippen LogP contribution in [0.25, 0.3) is 0 Å². The van der Waals surface area contributed by atoms with Crippen molar-refractivity contribution >= 4 is 29.2 Å². The zero-order valence-electron chi connectivity index (χ0n) is 15.5. The molecule has 0 atom stereocenters. The summed E-state index contributed by atoms with van der Waals surface area (Å²) in [5.41, 5.74) is 5.02. The first-order valence-electron chi connectivity index (χ1n) is 8.73. The molecule has 10 heteroatoms. The number of nitrogens with one attached hydrogen (secondary N) is 1. The van der Waals surface area contributed by atoms with E-state index in [-0.39, 0.29) is 24.3 Å². The van der Waals surface area contributed by atoms with Gasteiger partial charge < -0.3 is 15.3 Å². The van der Waals surface area contributed by atoms with Crippen LogP contribution < -0.4 is 20.7 Å². The van der Waals surface area contributed by atoms with Crippen LogP contribution in [-0.4, -0.2) is 38.9 Å². The largest absolute Gasteiger partial charge is 0.454 e. The second-order valence-electron chi connectivity index (χ2n) is 6.13. The third-order valence-electron chi connectivity index (χ3n) is 4.21. The van der Waals surface area contributed by atoms with E-state index in [0.29, 0.717) is 27.9 Å². The first-order chi connectivity index (χ1) is 14.1. The zero-order valence-corrected chi connectivity index (χ0v) is 16.3. The van der Waals surface area contributed by atoms with Gasteiger partial charge in [0.25, 0.3) is 5.95 Å². The van der Waals surface area contributed by atoms with E-state index >= 15 is 0 Å². The number of hydrazone groups is 1. The van der Waals surface area contributed by atoms with Crippen molar-refractivity contribution in [3.05, 3.63) is 59.7 Å². The van der Waals surface area contributed by atoms with Gasteiger partial charge in [-0.1, -0.05) is 42.1 Å². The lowest BCUT2D eigenvalue weighted by atomic mass is 10.1. The normalized spacial score (nSPS) is 12.8. The molecule has 4 rings (SSSR count). The maximum Gasteiger partial charge on any atom is 0.264 e. The Hall–Kier alpha value is -3.53. The second-order valence-corrected chi connectivity index (χ2v) is 7.07. The van der Waals surface area contributed by atoms with Crippen molar-refractivity contribution in [1.29, 1.82) is 0 Å². The van der Waals surface area contributed by atoms with E-state index in [1.807, 2.05) is 43.3 Å². The summed E-state index contributed by atoms with van der Waals surface area (Å²) in [7, 11) is 0. The van der Waals surface area contributed by atoms with Gasteiger partial charge in [0.1, 0.15) is 0 Å². The molecule has 0 radical (unpaired) electrons. The lowest BCUT2D eigenvalue weighted by Crippen LogP contribution is -2.14. The molecule has 2 heterocycles. The predicted octanol–water partition coefficient (Wildman–Crippen LogP) is 2.53. The van der Waals surface area contributed by atoms with Gasteiger partial charge in [0.2, 0.25) is 11.9 Å². The van der Waals surface area contributed by atoms with Crippen LogP contribution in [-0.2, 0) is 0 Å². The number of nitrogens with two attached hydrogens (primary N) is 1. The minimum Gasteiger partial charge on any atom is -0.454 e. The molecule has 0 saturated heterocycles. The molecule has 3 N–H and O–H groups in total. The molecule has 0 spiro atoms. The first kappa shape index (κ1) is 18.8. The molecule has 9 nitrogen and oxygen atoms in total. The van der Waals surface area contributed by atoms with Crippen LogP contribution in [0.3, 0.4) is 0 Å². The van der Waals surface area contributed by atoms with Gasteiger partial charge in [-0.15, -0.1) is 10.2 Å². The number of rotatable bonds is 7. The topological polar surface area (TPSA) is 117 Å². The molecule has 0 aliphatic carbocycles. The highest BCUT2D eigenvalue weighted by Crippen LogP contribution is 2.32. The molecule has 1 aliphatic rings. The number of aromatic nitrogens is 3. The molecule has 0 unspecified atom stereocenters. The molecule has 2 aromatic carbocycles. The molecule has 29 heavy (non-hydrogen) atoms. The number of hydrogen-bond donors (Lipinski definition) is 2. The number of anilines is 1. The fraction of sp³-hybridized carbons (Fsp3) is 0.158. The number of carbonyl (C=O) groups is 1. The Labute approximate surface area is 170 Å². The number of hydrogen-bond acceptors (Lipinski definition) is 9. The molecule has 0 amide bonds. The van der Waals surface area contributed by atoms with Gasteiger partial charge in [-0.3, -0.25) is 4.79 Å². The van der Waals surface area contributed by atoms with Gasteiger partial charge in [-0.2, -0.15) is 5.10 Å². The van der Waals surface area contributed by atoms with Crippen molar-refractivity contribution in [3.63, 3.8) is 0 Å². The number of ketones is 1. The van der Waals surface area contributed by atoms with Crippen LogP contribution in [0.5, 0.6) is 11.5 Å². The lowest BCUT2D eigenvalue weighted by molar-refractivity contribution is 0.102. The number of fused-ring (bicyclic) bond motifs is 1. The summed E-state index contributed by atoms with van der Waals surface area (Å²) in [5.74, 6) is 7.87. The Balaban J connectivity index is 1.39. The van der Waals surface area contributed by atoms with E-state index in [1.165, 1.54) is 16.4 Å². The molecule has 3 aromatic rings. The summed E-state index contributed by atoms with van der Waals surface area (Å²) in [6, 6.07) is 14.6. The van der Waals surface area contributed by atoms with Crippen LogP contribution in [0.2, 0.25) is 0 Å². The Bertz CT molecular complexity index is 1070. The van der Waals surface area contributed by atoms with Gasteiger partial charge in [0, 0.05) is 11.1 Å². The molecule has 0 fully saturated rings. The van der Waals surface area contributed by atoms with Crippen molar-refractivity contribution in [2.45, 2.75) is 12.1 Å². The fourth-order valence-electron chi connectivity index (χ4n) is 2.61. The number of thioether (sulfide) groups is 1. The molecular weight excluding hydrogens is 392 g/mol. The molecule has 0 bridgehead atoms. The van der Waals surface area contributed by atoms with Gasteiger partial charge in [-0.05, 0) is 25.1 Å². The minimum absolute atomic E-state index is 0.00946. The molecule has 0 saturated carbocycles. The number of nitrogen functional groups attached to an aromatic ring is 1. The fourth-order valence-corrected chi connectivity index (χ4v) is 3.36. The average molecular weight is 410 g/mol. The highest BCUT2D eigenvalue weighted by molar-refractivity contribution is 7.99. The van der Waals surface area contributed by atoms with E-state index < -0.39 is 0 Å². The van der Waals surface area contributed by atoms with Gasteiger partial charge >= 0.3 is 0 Å². The van der Waals surface area contributed by atoms with Crippen molar-refractivity contribution < 1.29 is 14.3 Å². The molecule has 148 valence electrons. The highest BCUT2D eigenvalue weighted by Gasteiger charge is 2.15. The lowest BCUT2D eigenvalue weighted by Gasteiger charge is -2.05. The smallest absolute Gasteiger partial charge is 0.264 e. The van der Waals surface area contributed by atoms with E-state index in [1.54, 1.807) is 12.1 Å². The van der Waals surface area contributed by atoms with Gasteiger partial charge in [0.15, 0.2) is 17.3 Å². The van der Waals surface area contributed by atoms with Crippen LogP contribution in [0, 0.1) is 0 Å². The van der Waals surface area contributed by atoms with Crippen LogP contribution >= 0.6 is 11.8 Å². The number of ether oxygens (including phenoxy) is 2. The summed E-state index contributed by atoms with van der Waals surface area (Å²) in [5, 5.41) is 12.7. The third-order valence-corrected chi connectivity index (χ3v) is 5.15. The number of benzene rings is 2. The standard InChI is InChI=1S/C19H18N6O3S/c1-12(14-7-8-16-17(9-14)28-11-27-16)21-22-18-23-24-19(25(18)20)29-10-15(26)13-5-3-2-4-6-13/h2-9H,10-11,20H2,1H3,(H,22,23)/b21-12+. The maximum absolute atomic E-state index is 12.2. The molecule has 1 aliphatic heterocycles. The summed E-state index contributed by atoms with van der Waals surface area (Å²) >= 11 is 1.21. The van der Waals surface area contributed by atoms with Crippen LogP contribution in [0.15, 0.2) is 58.8 Å². The van der Waals surface area contributed by atoms with E-state index in [2.05, 4.69) is 20.7 Å². The molecule has 1 aromatic heterocycles. The Morgan fingerprint density at radius 1 is 1.17 bits per heavy atom. The summed E-state index contributed by atoms with van der Waals surface area (Å²) in [6.07, 6.45) is 0. The van der Waals surface area contributed by atoms with Crippen LogP contribution in [0.1, 0.15) is 22.8 Å². The number of nitrogens with zero attached hydrogens (tertiary/aromatic N) is 4. The maximum atomic E-state index is 12.2. The quantitative estimate of drug-likeness (QED) is 0.201. The minimum atomic E-state index is -0.00946. The second kappa shape index (κ2) is 8.23. The predicted molar refractivity (Wildman–Crippen MR) is 110 cm³/mol. The van der Waals surface area contributed by atoms with Crippen LogP contribution in [0.4, 0.5) is 5.95 Å². The SMILES string of the molecule is C/C(=N\Nc1nnc(SCC(=O)c2ccccc2)n1N)c1ccc2c(c1)OCO2. The monoisotopic (exact) mass is 410 g/mol. The van der Waals surface area contributed by atoms with E-state index in [0.717, 1.165) is 5.56 Å². The summed E-state index contributed by atoms with van der Waals surface area (Å²) in [6.45, 7) is 2.06. The van der Waals surface area contributed by atoms with E-state index in [9.17, 15) is 4.79 Å². The Morgan fingerprint density at radius 3 is 2.79 bits per heavy atom. The van der Waals surface area contributed by atoms with Crippen molar-refractivity contribution in [2.75, 3.05) is 23.8 Å². The summed E-state index contributed by atoms with van der Waals surface area (Å²) < 4.78 is 11.9. The average Bonchev–Trinajstić information content (AvgIpc) is 3.36. The first-order valence-corrected chi connectivity index (χ1v) is 9.72. The highest BCUT2D eigenvalue weighted by atomic mass is 32.2. The third kappa shape index (κ3) is 4.16. The van der Waals surface area contributed by atoms with Crippen molar-refractivity contribution in [1.82, 2.24) is 14.9 Å². The molecular formula is C19H18N6O3S. The Kier molecular flexibility index (Phi) is 5.34. The van der Waals surface area contributed by atoms with Gasteiger partial charge in [-0.25, -0.2) is 10.1 Å². The zero-order chi connectivity index (χ0) is 20.2. The summed E-state index contributed by atoms with van der Waals surface area (Å²) in [4.78, 5) is 12.2. The Morgan fingerprint density at radius 2 is 1.97 bits per heavy atom. The van der Waals surface area contributed by atoms with E-state index in [4.69, 9.17) is 15.3 Å².